The molecule has 0 aliphatic carbocycles. The Bertz CT molecular complexity index is 763. The smallest absolute Gasteiger partial charge is 0.303 e. The number of nitrogens with zero attached hydrogens (tertiary/aromatic N) is 1. The van der Waals surface area contributed by atoms with Crippen molar-refractivity contribution in [1.82, 2.24) is 10.2 Å². The number of rotatable bonds is 34. The fourth-order valence-corrected chi connectivity index (χ4v) is 4.28. The zero-order valence-electron chi connectivity index (χ0n) is 28.0. The zero-order chi connectivity index (χ0) is 33.4. The van der Waals surface area contributed by atoms with E-state index >= 15 is 0 Å². The molecule has 0 aromatic carbocycles. The summed E-state index contributed by atoms with van der Waals surface area (Å²) in [5.74, 6) is -0.516. The van der Waals surface area contributed by atoms with Gasteiger partial charge in [-0.2, -0.15) is 0 Å². The topological polar surface area (TPSA) is 158 Å². The number of carbonyl (C=O) groups excluding carboxylic acids is 4. The van der Waals surface area contributed by atoms with E-state index in [0.29, 0.717) is 105 Å². The second-order valence-electron chi connectivity index (χ2n) is 11.3. The summed E-state index contributed by atoms with van der Waals surface area (Å²) in [5.41, 5.74) is 0. The highest BCUT2D eigenvalue weighted by atomic mass is 16.5. The van der Waals surface area contributed by atoms with Crippen LogP contribution < -0.4 is 5.32 Å². The minimum Gasteiger partial charge on any atom is -0.481 e. The molecule has 2 N–H and O–H groups in total. The maximum absolute atomic E-state index is 12.9. The average molecular weight is 645 g/mol. The van der Waals surface area contributed by atoms with Crippen LogP contribution in [0.15, 0.2) is 0 Å². The number of carboxylic acids is 1. The van der Waals surface area contributed by atoms with Crippen LogP contribution in [0.3, 0.4) is 0 Å². The molecule has 0 radical (unpaired) electrons. The summed E-state index contributed by atoms with van der Waals surface area (Å²) < 4.78 is 21.9. The molecule has 0 aliphatic heterocycles. The summed E-state index contributed by atoms with van der Waals surface area (Å²) in [7, 11) is 0. The van der Waals surface area contributed by atoms with Gasteiger partial charge in [-0.1, -0.05) is 38.5 Å². The normalized spacial score (nSPS) is 11.0. The van der Waals surface area contributed by atoms with E-state index in [4.69, 9.17) is 24.1 Å². The van der Waals surface area contributed by atoms with Gasteiger partial charge in [0.2, 0.25) is 11.8 Å². The molecule has 0 saturated carbocycles. The zero-order valence-corrected chi connectivity index (χ0v) is 28.0. The lowest BCUT2D eigenvalue weighted by atomic mass is 10.1. The molecule has 0 spiro atoms. The standard InChI is InChI=1S/C33H60N2O10/c1-29(36)16-21-42-25-27-44-23-19-35(20-24-45-28-26-43-22-17-30(2)37)32(39)14-11-12-18-34-31(38)13-9-7-5-3-4-6-8-10-15-33(40)41/h3-28H2,1-2H3,(H,34,38)(H,40,41). The molecule has 0 aromatic heterocycles. The number of Topliss-reactive ketones (excluding diaryl/α,β-unsaturated/α-hetero) is 2. The van der Waals surface area contributed by atoms with Crippen molar-refractivity contribution in [2.45, 2.75) is 110 Å². The maximum Gasteiger partial charge on any atom is 0.303 e. The van der Waals surface area contributed by atoms with Crippen LogP contribution in [0.2, 0.25) is 0 Å². The number of ketones is 2. The number of amides is 2. The van der Waals surface area contributed by atoms with E-state index in [1.54, 1.807) is 4.90 Å². The van der Waals surface area contributed by atoms with E-state index in [9.17, 15) is 24.0 Å². The SMILES string of the molecule is CC(=O)CCOCCOCCN(CCOCCOCCC(C)=O)C(=O)CCCCNC(=O)CCCCCCCCCCC(=O)O. The van der Waals surface area contributed by atoms with Crippen LogP contribution in [-0.2, 0) is 42.9 Å². The van der Waals surface area contributed by atoms with Crippen LogP contribution in [0.5, 0.6) is 0 Å². The third-order valence-electron chi connectivity index (χ3n) is 6.99. The first kappa shape index (κ1) is 42.6. The van der Waals surface area contributed by atoms with Crippen LogP contribution in [0.25, 0.3) is 0 Å². The molecule has 12 nitrogen and oxygen atoms in total. The molecule has 262 valence electrons. The Balaban J connectivity index is 4.10. The number of hydrogen-bond acceptors (Lipinski definition) is 9. The van der Waals surface area contributed by atoms with Gasteiger partial charge in [0.05, 0.1) is 52.9 Å². The van der Waals surface area contributed by atoms with E-state index in [2.05, 4.69) is 5.32 Å². The Morgan fingerprint density at radius 1 is 0.511 bits per heavy atom. The second-order valence-corrected chi connectivity index (χ2v) is 11.3. The first-order valence-electron chi connectivity index (χ1n) is 16.8. The number of aliphatic carboxylic acids is 1. The van der Waals surface area contributed by atoms with Gasteiger partial charge >= 0.3 is 5.97 Å². The van der Waals surface area contributed by atoms with Gasteiger partial charge in [0, 0.05) is 51.7 Å². The summed E-state index contributed by atoms with van der Waals surface area (Å²) in [6.45, 7) is 7.44. The van der Waals surface area contributed by atoms with Gasteiger partial charge < -0.3 is 34.3 Å². The molecule has 0 fully saturated rings. The average Bonchev–Trinajstić information content (AvgIpc) is 2.98. The molecule has 0 unspecified atom stereocenters. The van der Waals surface area contributed by atoms with Crippen LogP contribution in [-0.4, -0.2) is 112 Å². The largest absolute Gasteiger partial charge is 0.481 e. The Hall–Kier alpha value is -2.41. The molecule has 0 atom stereocenters. The fraction of sp³-hybridized carbons (Fsp3) is 0.848. The van der Waals surface area contributed by atoms with Gasteiger partial charge in [0.15, 0.2) is 0 Å². The first-order valence-corrected chi connectivity index (χ1v) is 16.8. The Kier molecular flexibility index (Phi) is 29.9. The van der Waals surface area contributed by atoms with Crippen molar-refractivity contribution in [1.29, 1.82) is 0 Å². The van der Waals surface area contributed by atoms with Gasteiger partial charge in [-0.3, -0.25) is 24.0 Å². The highest BCUT2D eigenvalue weighted by Gasteiger charge is 2.13. The Morgan fingerprint density at radius 3 is 1.40 bits per heavy atom. The minimum absolute atomic E-state index is 0.00540. The lowest BCUT2D eigenvalue weighted by molar-refractivity contribution is -0.137. The van der Waals surface area contributed by atoms with Crippen molar-refractivity contribution in [3.63, 3.8) is 0 Å². The number of carbonyl (C=O) groups is 5. The van der Waals surface area contributed by atoms with Gasteiger partial charge in [-0.05, 0) is 39.5 Å². The van der Waals surface area contributed by atoms with Crippen molar-refractivity contribution >= 4 is 29.4 Å². The molecule has 45 heavy (non-hydrogen) atoms. The van der Waals surface area contributed by atoms with Crippen LogP contribution in [0.1, 0.15) is 110 Å². The van der Waals surface area contributed by atoms with Crippen molar-refractivity contribution in [2.75, 3.05) is 72.5 Å². The lowest BCUT2D eigenvalue weighted by Crippen LogP contribution is -2.37. The number of nitrogens with one attached hydrogen (secondary N) is 1. The highest BCUT2D eigenvalue weighted by molar-refractivity contribution is 5.77. The monoisotopic (exact) mass is 644 g/mol. The van der Waals surface area contributed by atoms with Crippen LogP contribution in [0.4, 0.5) is 0 Å². The van der Waals surface area contributed by atoms with Gasteiger partial charge in [0.25, 0.3) is 0 Å². The van der Waals surface area contributed by atoms with Gasteiger partial charge in [-0.15, -0.1) is 0 Å². The van der Waals surface area contributed by atoms with E-state index in [1.807, 2.05) is 0 Å². The number of hydrogen-bond donors (Lipinski definition) is 2. The van der Waals surface area contributed by atoms with Crippen LogP contribution >= 0.6 is 0 Å². The van der Waals surface area contributed by atoms with Gasteiger partial charge in [0.1, 0.15) is 11.6 Å². The molecule has 0 aromatic rings. The van der Waals surface area contributed by atoms with E-state index in [-0.39, 0.29) is 29.8 Å². The summed E-state index contributed by atoms with van der Waals surface area (Å²) in [6.07, 6.45) is 11.2. The number of ether oxygens (including phenoxy) is 4. The second kappa shape index (κ2) is 31.6. The minimum atomic E-state index is -0.730. The molecule has 0 heterocycles. The van der Waals surface area contributed by atoms with E-state index < -0.39 is 5.97 Å². The van der Waals surface area contributed by atoms with Crippen molar-refractivity contribution in [3.8, 4) is 0 Å². The van der Waals surface area contributed by atoms with E-state index in [0.717, 1.165) is 57.8 Å². The molecule has 0 aliphatic rings. The molecule has 0 bridgehead atoms. The number of unbranched alkanes of at least 4 members (excludes halogenated alkanes) is 8. The molecule has 12 heteroatoms. The molecular weight excluding hydrogens is 584 g/mol. The maximum atomic E-state index is 12.9. The number of carboxylic acid groups (broad SMARTS) is 1. The quantitative estimate of drug-likeness (QED) is 0.0977. The van der Waals surface area contributed by atoms with Crippen molar-refractivity contribution in [3.05, 3.63) is 0 Å². The first-order chi connectivity index (χ1) is 21.7. The summed E-state index contributed by atoms with van der Waals surface area (Å²) in [6, 6.07) is 0. The Morgan fingerprint density at radius 2 is 0.933 bits per heavy atom. The summed E-state index contributed by atoms with van der Waals surface area (Å²) >= 11 is 0. The molecule has 2 amide bonds. The van der Waals surface area contributed by atoms with Gasteiger partial charge in [-0.25, -0.2) is 0 Å². The summed E-state index contributed by atoms with van der Waals surface area (Å²) in [4.78, 5) is 59.2. The van der Waals surface area contributed by atoms with Crippen LogP contribution in [0, 0.1) is 0 Å². The molecule has 0 rings (SSSR count). The van der Waals surface area contributed by atoms with Crippen molar-refractivity contribution < 1.29 is 48.0 Å². The predicted octanol–water partition coefficient (Wildman–Crippen LogP) is 4.11. The highest BCUT2D eigenvalue weighted by Crippen LogP contribution is 2.11. The Labute approximate surface area is 270 Å². The lowest BCUT2D eigenvalue weighted by Gasteiger charge is -2.23. The van der Waals surface area contributed by atoms with E-state index in [1.165, 1.54) is 13.8 Å². The molecular formula is C33H60N2O10. The fourth-order valence-electron chi connectivity index (χ4n) is 4.28. The third kappa shape index (κ3) is 32.8. The summed E-state index contributed by atoms with van der Waals surface area (Å²) in [5, 5.41) is 11.6. The van der Waals surface area contributed by atoms with Crippen molar-refractivity contribution in [2.24, 2.45) is 0 Å². The third-order valence-corrected chi connectivity index (χ3v) is 6.99. The molecule has 0 saturated heterocycles. The predicted molar refractivity (Wildman–Crippen MR) is 171 cm³/mol.